The lowest BCUT2D eigenvalue weighted by Gasteiger charge is -2.29. The quantitative estimate of drug-likeness (QED) is 0.383. The van der Waals surface area contributed by atoms with Crippen LogP contribution in [-0.4, -0.2) is 71.2 Å². The lowest BCUT2D eigenvalue weighted by atomic mass is 9.95. The van der Waals surface area contributed by atoms with Crippen molar-refractivity contribution in [2.75, 3.05) is 19.8 Å². The Morgan fingerprint density at radius 3 is 2.46 bits per heavy atom. The fourth-order valence-corrected chi connectivity index (χ4v) is 5.04. The Balaban J connectivity index is 1.69. The third-order valence-electron chi connectivity index (χ3n) is 6.94. The Labute approximate surface area is 230 Å². The van der Waals surface area contributed by atoms with E-state index in [0.29, 0.717) is 25.8 Å². The van der Waals surface area contributed by atoms with E-state index in [-0.39, 0.29) is 50.3 Å². The summed E-state index contributed by atoms with van der Waals surface area (Å²) >= 11 is 0. The monoisotopic (exact) mass is 542 g/mol. The summed E-state index contributed by atoms with van der Waals surface area (Å²) in [5.41, 5.74) is 0.342. The van der Waals surface area contributed by atoms with Crippen LogP contribution < -0.4 is 5.32 Å². The number of carbonyl (C=O) groups is 4. The minimum atomic E-state index is -0.689. The van der Waals surface area contributed by atoms with E-state index in [2.05, 4.69) is 5.32 Å². The number of carbonyl (C=O) groups excluding carboxylic acids is 4. The van der Waals surface area contributed by atoms with Crippen LogP contribution in [0.5, 0.6) is 0 Å². The number of allylic oxidation sites excluding steroid dienone is 2. The molecule has 1 saturated heterocycles. The number of hydrogen-bond donors (Lipinski definition) is 2. The maximum Gasteiger partial charge on any atom is 0.309 e. The van der Waals surface area contributed by atoms with Gasteiger partial charge in [0.25, 0.3) is 0 Å². The first-order valence-corrected chi connectivity index (χ1v) is 13.8. The van der Waals surface area contributed by atoms with Crippen molar-refractivity contribution in [3.63, 3.8) is 0 Å². The van der Waals surface area contributed by atoms with Crippen molar-refractivity contribution in [2.24, 2.45) is 11.8 Å². The van der Waals surface area contributed by atoms with Gasteiger partial charge in [-0.25, -0.2) is 0 Å². The molecule has 1 aromatic rings. The lowest BCUT2D eigenvalue weighted by molar-refractivity contribution is -0.162. The number of nitrogens with one attached hydrogen (secondary N) is 1. The van der Waals surface area contributed by atoms with Crippen LogP contribution in [0.4, 0.5) is 0 Å². The molecule has 1 aromatic carbocycles. The topological polar surface area (TPSA) is 122 Å². The normalized spacial score (nSPS) is 24.0. The minimum Gasteiger partial charge on any atom is -0.463 e. The van der Waals surface area contributed by atoms with Crippen LogP contribution in [0.25, 0.3) is 0 Å². The maximum atomic E-state index is 13.5. The first-order chi connectivity index (χ1) is 18.6. The van der Waals surface area contributed by atoms with Gasteiger partial charge in [-0.15, -0.1) is 0 Å². The number of amides is 2. The average Bonchev–Trinajstić information content (AvgIpc) is 3.35. The second-order valence-electron chi connectivity index (χ2n) is 11.4. The van der Waals surface area contributed by atoms with Crippen LogP contribution >= 0.6 is 0 Å². The zero-order chi connectivity index (χ0) is 28.4. The number of benzene rings is 1. The summed E-state index contributed by atoms with van der Waals surface area (Å²) in [5, 5.41) is 12.7. The Bertz CT molecular complexity index is 1020. The molecule has 0 saturated carbocycles. The van der Waals surface area contributed by atoms with E-state index in [1.54, 1.807) is 37.8 Å². The highest BCUT2D eigenvalue weighted by Crippen LogP contribution is 2.26. The molecule has 0 radical (unpaired) electrons. The fraction of sp³-hybridized carbons (Fsp3) is 0.600. The maximum absolute atomic E-state index is 13.5. The van der Waals surface area contributed by atoms with Crippen LogP contribution in [0.3, 0.4) is 0 Å². The summed E-state index contributed by atoms with van der Waals surface area (Å²) in [6.45, 7) is 5.71. The predicted molar refractivity (Wildman–Crippen MR) is 145 cm³/mol. The van der Waals surface area contributed by atoms with Gasteiger partial charge in [0.1, 0.15) is 12.2 Å². The molecule has 2 amide bonds. The van der Waals surface area contributed by atoms with Gasteiger partial charge in [0.15, 0.2) is 0 Å². The van der Waals surface area contributed by atoms with E-state index in [1.807, 2.05) is 30.3 Å². The second kappa shape index (κ2) is 14.3. The largest absolute Gasteiger partial charge is 0.463 e. The Morgan fingerprint density at radius 2 is 1.79 bits per heavy atom. The van der Waals surface area contributed by atoms with Crippen LogP contribution in [-0.2, 0) is 35.1 Å². The standard InChI is InChI=1S/C30H42N2O7/c1-30(2,3)39-27(35)18-23-13-8-7-12-22(28(36)32-15-9-14-25(32)20-38-29(23)37)17-26(34)31-24(19-33)16-21-10-5-4-6-11-21/h4-8,10-11,22-25,33H,9,12-20H2,1-3H3,(H,31,34)/b8-7-/t22-,23-,24+,25-/m1/s1. The van der Waals surface area contributed by atoms with Crippen molar-refractivity contribution in [3.8, 4) is 0 Å². The summed E-state index contributed by atoms with van der Waals surface area (Å²) in [7, 11) is 0. The Kier molecular flexibility index (Phi) is 11.1. The van der Waals surface area contributed by atoms with Crippen molar-refractivity contribution in [3.05, 3.63) is 48.0 Å². The van der Waals surface area contributed by atoms with E-state index in [1.165, 1.54) is 0 Å². The third kappa shape index (κ3) is 9.80. The number of hydrogen-bond acceptors (Lipinski definition) is 7. The molecule has 2 aliphatic rings. The van der Waals surface area contributed by atoms with E-state index in [4.69, 9.17) is 9.47 Å². The molecule has 9 heteroatoms. The van der Waals surface area contributed by atoms with Gasteiger partial charge < -0.3 is 24.8 Å². The van der Waals surface area contributed by atoms with Gasteiger partial charge in [0, 0.05) is 13.0 Å². The summed E-state index contributed by atoms with van der Waals surface area (Å²) in [6.07, 6.45) is 6.02. The molecule has 1 fully saturated rings. The molecule has 0 spiro atoms. The molecule has 2 N–H and O–H groups in total. The number of ether oxygens (including phenoxy) is 2. The molecule has 9 nitrogen and oxygen atoms in total. The van der Waals surface area contributed by atoms with Gasteiger partial charge in [-0.05, 0) is 58.4 Å². The summed E-state index contributed by atoms with van der Waals surface area (Å²) in [6, 6.07) is 8.88. The SMILES string of the molecule is CC(C)(C)OC(=O)C[C@H]1C/C=C\C[C@H](CC(=O)N[C@H](CO)Cc2ccccc2)C(=O)N2CCC[C@@H]2COC1=O. The molecule has 0 bridgehead atoms. The van der Waals surface area contributed by atoms with Crippen molar-refractivity contribution < 1.29 is 33.8 Å². The highest BCUT2D eigenvalue weighted by molar-refractivity contribution is 5.86. The fourth-order valence-electron chi connectivity index (χ4n) is 5.04. The molecule has 0 unspecified atom stereocenters. The number of aliphatic hydroxyl groups excluding tert-OH is 1. The number of fused-ring (bicyclic) bond motifs is 1. The van der Waals surface area contributed by atoms with Gasteiger partial charge >= 0.3 is 11.9 Å². The van der Waals surface area contributed by atoms with Crippen molar-refractivity contribution in [1.82, 2.24) is 10.2 Å². The van der Waals surface area contributed by atoms with Crippen LogP contribution in [0.2, 0.25) is 0 Å². The predicted octanol–water partition coefficient (Wildman–Crippen LogP) is 2.94. The number of nitrogens with zero attached hydrogens (tertiary/aromatic N) is 1. The molecule has 2 aliphatic heterocycles. The number of aliphatic hydroxyl groups is 1. The lowest BCUT2D eigenvalue weighted by Crippen LogP contribution is -2.45. The molecule has 3 rings (SSSR count). The summed E-state index contributed by atoms with van der Waals surface area (Å²) in [4.78, 5) is 53.4. The molecule has 2 heterocycles. The van der Waals surface area contributed by atoms with E-state index in [0.717, 1.165) is 12.0 Å². The van der Waals surface area contributed by atoms with E-state index in [9.17, 15) is 24.3 Å². The van der Waals surface area contributed by atoms with Crippen molar-refractivity contribution >= 4 is 23.8 Å². The molecule has 39 heavy (non-hydrogen) atoms. The van der Waals surface area contributed by atoms with Gasteiger partial charge in [-0.2, -0.15) is 0 Å². The number of cyclic esters (lactones) is 1. The molecular weight excluding hydrogens is 500 g/mol. The second-order valence-corrected chi connectivity index (χ2v) is 11.4. The molecule has 214 valence electrons. The van der Waals surface area contributed by atoms with Gasteiger partial charge in [-0.3, -0.25) is 19.2 Å². The van der Waals surface area contributed by atoms with Gasteiger partial charge in [0.2, 0.25) is 11.8 Å². The van der Waals surface area contributed by atoms with Crippen LogP contribution in [0, 0.1) is 11.8 Å². The highest BCUT2D eigenvalue weighted by atomic mass is 16.6. The first kappa shape index (κ1) is 30.3. The summed E-state index contributed by atoms with van der Waals surface area (Å²) in [5.74, 6) is -2.65. The number of esters is 2. The number of rotatable bonds is 8. The van der Waals surface area contributed by atoms with Crippen molar-refractivity contribution in [1.29, 1.82) is 0 Å². The molecule has 4 atom stereocenters. The van der Waals surface area contributed by atoms with Crippen LogP contribution in [0.1, 0.15) is 64.9 Å². The Hall–Kier alpha value is -3.20. The van der Waals surface area contributed by atoms with Gasteiger partial charge in [0.05, 0.1) is 36.9 Å². The Morgan fingerprint density at radius 1 is 1.10 bits per heavy atom. The smallest absolute Gasteiger partial charge is 0.309 e. The van der Waals surface area contributed by atoms with Gasteiger partial charge in [-0.1, -0.05) is 42.5 Å². The molecule has 0 aromatic heterocycles. The van der Waals surface area contributed by atoms with Crippen LogP contribution in [0.15, 0.2) is 42.5 Å². The third-order valence-corrected chi connectivity index (χ3v) is 6.94. The zero-order valence-electron chi connectivity index (χ0n) is 23.3. The summed E-state index contributed by atoms with van der Waals surface area (Å²) < 4.78 is 11.0. The first-order valence-electron chi connectivity index (χ1n) is 13.8. The molecule has 0 aliphatic carbocycles. The van der Waals surface area contributed by atoms with E-state index < -0.39 is 35.4 Å². The highest BCUT2D eigenvalue weighted by Gasteiger charge is 2.36. The average molecular weight is 543 g/mol. The minimum absolute atomic E-state index is 0.0151. The zero-order valence-corrected chi connectivity index (χ0v) is 23.3. The van der Waals surface area contributed by atoms with Crippen molar-refractivity contribution in [2.45, 2.75) is 83.4 Å². The molecular formula is C30H42N2O7. The van der Waals surface area contributed by atoms with E-state index >= 15 is 0 Å².